The first-order chi connectivity index (χ1) is 18.0. The lowest BCUT2D eigenvalue weighted by Gasteiger charge is -2.34. The van der Waals surface area contributed by atoms with Crippen LogP contribution in [0.3, 0.4) is 0 Å². The highest BCUT2D eigenvalue weighted by molar-refractivity contribution is 5.93. The summed E-state index contributed by atoms with van der Waals surface area (Å²) < 4.78 is 10.0. The molecule has 0 radical (unpaired) electrons. The van der Waals surface area contributed by atoms with Gasteiger partial charge in [0.1, 0.15) is 30.0 Å². The molecule has 0 bridgehead atoms. The van der Waals surface area contributed by atoms with Crippen LogP contribution in [0.2, 0.25) is 0 Å². The van der Waals surface area contributed by atoms with Gasteiger partial charge in [-0.1, -0.05) is 55.5 Å². The summed E-state index contributed by atoms with van der Waals surface area (Å²) in [7, 11) is 1.19. The summed E-state index contributed by atoms with van der Waals surface area (Å²) in [4.78, 5) is 53.2. The van der Waals surface area contributed by atoms with Crippen molar-refractivity contribution >= 4 is 23.9 Å². The largest absolute Gasteiger partial charge is 0.508 e. The number of phenolic OH excluding ortho intramolecular Hbond substituents is 1. The van der Waals surface area contributed by atoms with Gasteiger partial charge in [0.15, 0.2) is 0 Å². The van der Waals surface area contributed by atoms with Crippen molar-refractivity contribution in [3.05, 3.63) is 65.7 Å². The minimum atomic E-state index is -1.29. The third kappa shape index (κ3) is 9.10. The van der Waals surface area contributed by atoms with E-state index in [9.17, 15) is 24.3 Å². The Bertz CT molecular complexity index is 1100. The van der Waals surface area contributed by atoms with Gasteiger partial charge in [0.2, 0.25) is 11.8 Å². The van der Waals surface area contributed by atoms with Crippen molar-refractivity contribution in [2.45, 2.75) is 58.2 Å². The molecule has 0 fully saturated rings. The van der Waals surface area contributed by atoms with Gasteiger partial charge in [-0.3, -0.25) is 14.4 Å². The fourth-order valence-electron chi connectivity index (χ4n) is 3.80. The van der Waals surface area contributed by atoms with E-state index in [4.69, 9.17) is 4.74 Å². The third-order valence-electron chi connectivity index (χ3n) is 5.45. The molecule has 0 heterocycles. The number of para-hydroxylation sites is 1. The smallest absolute Gasteiger partial charge is 0.408 e. The zero-order valence-corrected chi connectivity index (χ0v) is 22.5. The van der Waals surface area contributed by atoms with E-state index in [-0.39, 0.29) is 24.3 Å². The SMILES string of the molecule is CCCN(C(=O)C(Cc1ccccc1)NC(=O)OC(C)(C)C)C(C(=O)NCC(=O)OC)c1ccccc1O. The highest BCUT2D eigenvalue weighted by Crippen LogP contribution is 2.30. The minimum Gasteiger partial charge on any atom is -0.508 e. The summed E-state index contributed by atoms with van der Waals surface area (Å²) in [6.45, 7) is 6.68. The van der Waals surface area contributed by atoms with Crippen LogP contribution in [0.1, 0.15) is 51.3 Å². The maximum Gasteiger partial charge on any atom is 0.408 e. The van der Waals surface area contributed by atoms with Crippen molar-refractivity contribution < 1.29 is 33.8 Å². The molecule has 2 unspecified atom stereocenters. The standard InChI is InChI=1S/C28H37N3O7/c1-6-16-31(24(20-14-10-11-15-22(20)32)25(34)29-18-23(33)37-5)26(35)21(17-19-12-8-7-9-13-19)30-27(36)38-28(2,3)4/h7-15,21,24,32H,6,16-18H2,1-5H3,(H,29,34)(H,30,36). The molecule has 0 aliphatic rings. The molecular weight excluding hydrogens is 490 g/mol. The minimum absolute atomic E-state index is 0.130. The number of carbonyl (C=O) groups excluding carboxylic acids is 4. The van der Waals surface area contributed by atoms with Crippen LogP contribution in [-0.2, 0) is 30.3 Å². The lowest BCUT2D eigenvalue weighted by atomic mass is 9.99. The van der Waals surface area contributed by atoms with Gasteiger partial charge >= 0.3 is 12.1 Å². The van der Waals surface area contributed by atoms with Gasteiger partial charge in [-0.25, -0.2) is 4.79 Å². The maximum atomic E-state index is 14.1. The maximum absolute atomic E-state index is 14.1. The van der Waals surface area contributed by atoms with Gasteiger partial charge in [-0.2, -0.15) is 0 Å². The Labute approximate surface area is 223 Å². The number of hydrogen-bond donors (Lipinski definition) is 3. The van der Waals surface area contributed by atoms with Gasteiger partial charge in [0, 0.05) is 18.5 Å². The monoisotopic (exact) mass is 527 g/mol. The van der Waals surface area contributed by atoms with E-state index in [0.717, 1.165) is 5.56 Å². The lowest BCUT2D eigenvalue weighted by Crippen LogP contribution is -2.54. The zero-order valence-electron chi connectivity index (χ0n) is 22.5. The number of alkyl carbamates (subject to hydrolysis) is 1. The Balaban J connectivity index is 2.51. The van der Waals surface area contributed by atoms with Crippen molar-refractivity contribution in [3.8, 4) is 5.75 Å². The highest BCUT2D eigenvalue weighted by atomic mass is 16.6. The van der Waals surface area contributed by atoms with Crippen molar-refractivity contribution in [2.75, 3.05) is 20.2 Å². The molecule has 0 aromatic heterocycles. The molecule has 0 aliphatic carbocycles. The van der Waals surface area contributed by atoms with E-state index in [1.165, 1.54) is 24.1 Å². The van der Waals surface area contributed by atoms with Gasteiger partial charge in [0.25, 0.3) is 0 Å². The average Bonchev–Trinajstić information content (AvgIpc) is 2.86. The summed E-state index contributed by atoms with van der Waals surface area (Å²) in [5.41, 5.74) is 0.166. The molecule has 0 saturated carbocycles. The summed E-state index contributed by atoms with van der Waals surface area (Å²) in [6.07, 6.45) is -0.168. The Morgan fingerprint density at radius 2 is 1.63 bits per heavy atom. The number of esters is 1. The van der Waals surface area contributed by atoms with Crippen molar-refractivity contribution in [1.82, 2.24) is 15.5 Å². The first kappa shape index (κ1) is 30.1. The average molecular weight is 528 g/mol. The number of aromatic hydroxyl groups is 1. The Morgan fingerprint density at radius 1 is 1.00 bits per heavy atom. The molecule has 3 amide bonds. The quantitative estimate of drug-likeness (QED) is 0.382. The molecule has 206 valence electrons. The normalized spacial score (nSPS) is 12.6. The van der Waals surface area contributed by atoms with Crippen LogP contribution in [0.25, 0.3) is 0 Å². The second-order valence-corrected chi connectivity index (χ2v) is 9.68. The predicted octanol–water partition coefficient (Wildman–Crippen LogP) is 3.10. The Morgan fingerprint density at radius 3 is 2.21 bits per heavy atom. The van der Waals surface area contributed by atoms with Crippen molar-refractivity contribution in [3.63, 3.8) is 0 Å². The topological polar surface area (TPSA) is 134 Å². The van der Waals surface area contributed by atoms with Crippen molar-refractivity contribution in [2.24, 2.45) is 0 Å². The number of benzene rings is 2. The molecule has 10 nitrogen and oxygen atoms in total. The number of carbonyl (C=O) groups is 4. The van der Waals surface area contributed by atoms with Crippen LogP contribution in [0.5, 0.6) is 5.75 Å². The van der Waals surface area contributed by atoms with E-state index in [1.807, 2.05) is 37.3 Å². The first-order valence-corrected chi connectivity index (χ1v) is 12.4. The number of phenols is 1. The third-order valence-corrected chi connectivity index (χ3v) is 5.45. The molecule has 10 heteroatoms. The van der Waals surface area contributed by atoms with Crippen LogP contribution >= 0.6 is 0 Å². The van der Waals surface area contributed by atoms with E-state index in [2.05, 4.69) is 15.4 Å². The molecule has 0 spiro atoms. The molecule has 2 aromatic rings. The van der Waals surface area contributed by atoms with E-state index in [1.54, 1.807) is 32.9 Å². The van der Waals surface area contributed by atoms with Crippen LogP contribution < -0.4 is 10.6 Å². The van der Waals surface area contributed by atoms with Crippen LogP contribution in [0.4, 0.5) is 4.79 Å². The number of nitrogens with one attached hydrogen (secondary N) is 2. The van der Waals surface area contributed by atoms with Gasteiger partial charge in [-0.05, 0) is 38.8 Å². The number of hydrogen-bond acceptors (Lipinski definition) is 7. The molecule has 0 aliphatic heterocycles. The molecule has 38 heavy (non-hydrogen) atoms. The molecule has 2 aromatic carbocycles. The zero-order chi connectivity index (χ0) is 28.3. The number of amides is 3. The van der Waals surface area contributed by atoms with Gasteiger partial charge in [-0.15, -0.1) is 0 Å². The molecule has 2 rings (SSSR count). The van der Waals surface area contributed by atoms with Crippen molar-refractivity contribution in [1.29, 1.82) is 0 Å². The molecule has 2 atom stereocenters. The summed E-state index contributed by atoms with van der Waals surface area (Å²) in [5, 5.41) is 15.7. The summed E-state index contributed by atoms with van der Waals surface area (Å²) in [5.74, 6) is -2.10. The van der Waals surface area contributed by atoms with Gasteiger partial charge < -0.3 is 30.1 Å². The van der Waals surface area contributed by atoms with Crippen LogP contribution in [0.15, 0.2) is 54.6 Å². The Hall–Kier alpha value is -4.08. The van der Waals surface area contributed by atoms with Crippen LogP contribution in [0, 0.1) is 0 Å². The second kappa shape index (κ2) is 14.0. The fraction of sp³-hybridized carbons (Fsp3) is 0.429. The Kier molecular flexibility index (Phi) is 11.1. The van der Waals surface area contributed by atoms with E-state index >= 15 is 0 Å². The number of methoxy groups -OCH3 is 1. The first-order valence-electron chi connectivity index (χ1n) is 12.4. The number of nitrogens with zero attached hydrogens (tertiary/aromatic N) is 1. The number of rotatable bonds is 11. The highest BCUT2D eigenvalue weighted by Gasteiger charge is 2.37. The second-order valence-electron chi connectivity index (χ2n) is 9.68. The van der Waals surface area contributed by atoms with Gasteiger partial charge in [0.05, 0.1) is 7.11 Å². The summed E-state index contributed by atoms with van der Waals surface area (Å²) in [6, 6.07) is 12.9. The predicted molar refractivity (Wildman–Crippen MR) is 141 cm³/mol. The van der Waals surface area contributed by atoms with E-state index < -0.39 is 48.1 Å². The number of ether oxygens (including phenoxy) is 2. The molecular formula is C28H37N3O7. The van der Waals surface area contributed by atoms with E-state index in [0.29, 0.717) is 6.42 Å². The van der Waals surface area contributed by atoms with Crippen LogP contribution in [-0.4, -0.2) is 65.7 Å². The molecule has 3 N–H and O–H groups in total. The summed E-state index contributed by atoms with van der Waals surface area (Å²) >= 11 is 0. The molecule has 0 saturated heterocycles. The fourth-order valence-corrected chi connectivity index (χ4v) is 3.80. The lowest BCUT2D eigenvalue weighted by molar-refractivity contribution is -0.144.